The number of hydrogen-bond donors (Lipinski definition) is 2. The number of benzene rings is 1. The highest BCUT2D eigenvalue weighted by Crippen LogP contribution is 2.24. The molecule has 0 atom stereocenters. The van der Waals surface area contributed by atoms with Gasteiger partial charge in [-0.1, -0.05) is 30.3 Å². The molecule has 0 heterocycles. The molecule has 0 radical (unpaired) electrons. The highest BCUT2D eigenvalue weighted by molar-refractivity contribution is 5.77. The van der Waals surface area contributed by atoms with E-state index in [0.717, 1.165) is 19.3 Å². The Morgan fingerprint density at radius 1 is 1.14 bits per heavy atom. The minimum atomic E-state index is -0.728. The van der Waals surface area contributed by atoms with Gasteiger partial charge in [0.25, 0.3) is 0 Å². The van der Waals surface area contributed by atoms with Crippen molar-refractivity contribution in [3.63, 3.8) is 0 Å². The second-order valence-corrected chi connectivity index (χ2v) is 5.74. The standard InChI is InChI=1S/C17H23NO4/c19-16(12-22-11-10-13-4-2-1-3-5-13)18-15-8-6-14(7-9-15)17(20)21/h1-5,14-15H,6-12H2,(H,18,19)(H,20,21). The van der Waals surface area contributed by atoms with Gasteiger partial charge in [0.1, 0.15) is 6.61 Å². The van der Waals surface area contributed by atoms with Crippen LogP contribution in [0.5, 0.6) is 0 Å². The van der Waals surface area contributed by atoms with Crippen LogP contribution in [0.3, 0.4) is 0 Å². The number of carbonyl (C=O) groups is 2. The number of ether oxygens (including phenoxy) is 1. The quantitative estimate of drug-likeness (QED) is 0.756. The smallest absolute Gasteiger partial charge is 0.306 e. The number of aliphatic carboxylic acids is 1. The Morgan fingerprint density at radius 2 is 1.82 bits per heavy atom. The van der Waals surface area contributed by atoms with E-state index in [2.05, 4.69) is 5.32 Å². The lowest BCUT2D eigenvalue weighted by Gasteiger charge is -2.26. The molecule has 5 nitrogen and oxygen atoms in total. The van der Waals surface area contributed by atoms with E-state index in [-0.39, 0.29) is 24.5 Å². The lowest BCUT2D eigenvalue weighted by molar-refractivity contribution is -0.142. The predicted octanol–water partition coefficient (Wildman–Crippen LogP) is 2.01. The summed E-state index contributed by atoms with van der Waals surface area (Å²) >= 11 is 0. The molecule has 1 fully saturated rings. The van der Waals surface area contributed by atoms with E-state index >= 15 is 0 Å². The molecular weight excluding hydrogens is 282 g/mol. The summed E-state index contributed by atoms with van der Waals surface area (Å²) in [6.45, 7) is 0.578. The van der Waals surface area contributed by atoms with Crippen LogP contribution in [0.4, 0.5) is 0 Å². The summed E-state index contributed by atoms with van der Waals surface area (Å²) in [5.41, 5.74) is 1.19. The number of hydrogen-bond acceptors (Lipinski definition) is 3. The molecule has 2 N–H and O–H groups in total. The van der Waals surface area contributed by atoms with E-state index in [0.29, 0.717) is 19.4 Å². The topological polar surface area (TPSA) is 75.6 Å². The first-order chi connectivity index (χ1) is 10.6. The number of carboxylic acid groups (broad SMARTS) is 1. The van der Waals surface area contributed by atoms with Crippen LogP contribution in [-0.4, -0.2) is 36.2 Å². The Balaban J connectivity index is 1.57. The molecule has 1 saturated carbocycles. The van der Waals surface area contributed by atoms with Gasteiger partial charge in [0, 0.05) is 6.04 Å². The summed E-state index contributed by atoms with van der Waals surface area (Å²) in [6.07, 6.45) is 3.52. The van der Waals surface area contributed by atoms with Crippen molar-refractivity contribution in [1.82, 2.24) is 5.32 Å². The van der Waals surface area contributed by atoms with Gasteiger partial charge in [-0.3, -0.25) is 9.59 Å². The van der Waals surface area contributed by atoms with Crippen LogP contribution in [-0.2, 0) is 20.7 Å². The van der Waals surface area contributed by atoms with Crippen molar-refractivity contribution in [2.24, 2.45) is 5.92 Å². The van der Waals surface area contributed by atoms with Gasteiger partial charge in [-0.25, -0.2) is 0 Å². The molecule has 1 aliphatic rings. The molecule has 1 aliphatic carbocycles. The molecule has 0 spiro atoms. The third-order valence-electron chi connectivity index (χ3n) is 4.05. The number of carbonyl (C=O) groups excluding carboxylic acids is 1. The van der Waals surface area contributed by atoms with Gasteiger partial charge in [0.2, 0.25) is 5.91 Å². The normalized spacial score (nSPS) is 21.3. The molecule has 0 aromatic heterocycles. The summed E-state index contributed by atoms with van der Waals surface area (Å²) in [5.74, 6) is -1.10. The van der Waals surface area contributed by atoms with Crippen molar-refractivity contribution >= 4 is 11.9 Å². The second kappa shape index (κ2) is 8.54. The van der Waals surface area contributed by atoms with Crippen molar-refractivity contribution in [3.8, 4) is 0 Å². The predicted molar refractivity (Wildman–Crippen MR) is 82.5 cm³/mol. The fraction of sp³-hybridized carbons (Fsp3) is 0.529. The zero-order valence-electron chi connectivity index (χ0n) is 12.7. The largest absolute Gasteiger partial charge is 0.481 e. The first kappa shape index (κ1) is 16.5. The fourth-order valence-corrected chi connectivity index (χ4v) is 2.75. The third-order valence-corrected chi connectivity index (χ3v) is 4.05. The van der Waals surface area contributed by atoms with E-state index < -0.39 is 5.97 Å². The van der Waals surface area contributed by atoms with Crippen molar-refractivity contribution < 1.29 is 19.4 Å². The van der Waals surface area contributed by atoms with Crippen molar-refractivity contribution in [2.75, 3.05) is 13.2 Å². The molecule has 120 valence electrons. The molecule has 5 heteroatoms. The Labute approximate surface area is 130 Å². The minimum Gasteiger partial charge on any atom is -0.481 e. The number of rotatable bonds is 7. The van der Waals surface area contributed by atoms with Gasteiger partial charge < -0.3 is 15.2 Å². The molecular formula is C17H23NO4. The molecule has 2 rings (SSSR count). The Morgan fingerprint density at radius 3 is 2.45 bits per heavy atom. The highest BCUT2D eigenvalue weighted by Gasteiger charge is 2.26. The maximum atomic E-state index is 11.8. The van der Waals surface area contributed by atoms with E-state index in [1.807, 2.05) is 30.3 Å². The zero-order valence-corrected chi connectivity index (χ0v) is 12.7. The summed E-state index contributed by atoms with van der Waals surface area (Å²) in [5, 5.41) is 11.9. The van der Waals surface area contributed by atoms with Gasteiger partial charge in [-0.05, 0) is 37.7 Å². The van der Waals surface area contributed by atoms with Crippen molar-refractivity contribution in [3.05, 3.63) is 35.9 Å². The second-order valence-electron chi connectivity index (χ2n) is 5.74. The maximum Gasteiger partial charge on any atom is 0.306 e. The van der Waals surface area contributed by atoms with Gasteiger partial charge in [-0.2, -0.15) is 0 Å². The number of amides is 1. The monoisotopic (exact) mass is 305 g/mol. The van der Waals surface area contributed by atoms with E-state index in [1.165, 1.54) is 5.56 Å². The highest BCUT2D eigenvalue weighted by atomic mass is 16.5. The SMILES string of the molecule is O=C(COCCc1ccccc1)NC1CCC(C(=O)O)CC1. The van der Waals surface area contributed by atoms with Gasteiger partial charge in [0.15, 0.2) is 0 Å². The molecule has 0 unspecified atom stereocenters. The van der Waals surface area contributed by atoms with Gasteiger partial charge in [-0.15, -0.1) is 0 Å². The third kappa shape index (κ3) is 5.48. The summed E-state index contributed by atoms with van der Waals surface area (Å²) in [6, 6.07) is 10.1. The molecule has 0 bridgehead atoms. The zero-order chi connectivity index (χ0) is 15.8. The van der Waals surface area contributed by atoms with Gasteiger partial charge in [0.05, 0.1) is 12.5 Å². The van der Waals surface area contributed by atoms with Crippen molar-refractivity contribution in [1.29, 1.82) is 0 Å². The average Bonchev–Trinajstić information content (AvgIpc) is 2.53. The van der Waals surface area contributed by atoms with Crippen LogP contribution in [0, 0.1) is 5.92 Å². The summed E-state index contributed by atoms with van der Waals surface area (Å²) in [4.78, 5) is 22.7. The molecule has 0 saturated heterocycles. The van der Waals surface area contributed by atoms with E-state index in [9.17, 15) is 9.59 Å². The minimum absolute atomic E-state index is 0.0612. The maximum absolute atomic E-state index is 11.8. The first-order valence-corrected chi connectivity index (χ1v) is 7.79. The van der Waals surface area contributed by atoms with E-state index in [4.69, 9.17) is 9.84 Å². The molecule has 1 aromatic carbocycles. The Kier molecular flexibility index (Phi) is 6.40. The van der Waals surface area contributed by atoms with Crippen LogP contribution in [0.2, 0.25) is 0 Å². The van der Waals surface area contributed by atoms with Crippen LogP contribution in [0.1, 0.15) is 31.2 Å². The molecule has 1 amide bonds. The lowest BCUT2D eigenvalue weighted by atomic mass is 9.86. The summed E-state index contributed by atoms with van der Waals surface area (Å²) < 4.78 is 5.39. The average molecular weight is 305 g/mol. The van der Waals surface area contributed by atoms with E-state index in [1.54, 1.807) is 0 Å². The fourth-order valence-electron chi connectivity index (χ4n) is 2.75. The first-order valence-electron chi connectivity index (χ1n) is 7.79. The lowest BCUT2D eigenvalue weighted by Crippen LogP contribution is -2.40. The molecule has 1 aromatic rings. The molecule has 22 heavy (non-hydrogen) atoms. The van der Waals surface area contributed by atoms with Crippen LogP contribution < -0.4 is 5.32 Å². The van der Waals surface area contributed by atoms with Crippen LogP contribution in [0.25, 0.3) is 0 Å². The Bertz CT molecular complexity index is 481. The van der Waals surface area contributed by atoms with Crippen LogP contribution >= 0.6 is 0 Å². The van der Waals surface area contributed by atoms with Gasteiger partial charge >= 0.3 is 5.97 Å². The number of carboxylic acids is 1. The van der Waals surface area contributed by atoms with Crippen LogP contribution in [0.15, 0.2) is 30.3 Å². The van der Waals surface area contributed by atoms with Crippen molar-refractivity contribution in [2.45, 2.75) is 38.1 Å². The number of nitrogens with one attached hydrogen (secondary N) is 1. The Hall–Kier alpha value is -1.88. The summed E-state index contributed by atoms with van der Waals surface area (Å²) in [7, 11) is 0. The molecule has 0 aliphatic heterocycles.